The van der Waals surface area contributed by atoms with Gasteiger partial charge in [-0.2, -0.15) is 0 Å². The molecule has 2 rings (SSSR count). The highest BCUT2D eigenvalue weighted by molar-refractivity contribution is 6.30. The maximum Gasteiger partial charge on any atom is 0.412 e. The van der Waals surface area contributed by atoms with Crippen LogP contribution in [0.2, 0.25) is 5.02 Å². The molecular formula is C21H26ClNO2. The van der Waals surface area contributed by atoms with Gasteiger partial charge in [0.1, 0.15) is 5.60 Å². The van der Waals surface area contributed by atoms with Crippen LogP contribution >= 0.6 is 11.6 Å². The van der Waals surface area contributed by atoms with Crippen molar-refractivity contribution in [3.05, 3.63) is 52.5 Å². The summed E-state index contributed by atoms with van der Waals surface area (Å²) in [5, 5.41) is 3.66. The predicted octanol–water partition coefficient (Wildman–Crippen LogP) is 6.48. The summed E-state index contributed by atoms with van der Waals surface area (Å²) in [7, 11) is 0. The fraction of sp³-hybridized carbons (Fsp3) is 0.381. The van der Waals surface area contributed by atoms with Gasteiger partial charge in [0.15, 0.2) is 0 Å². The van der Waals surface area contributed by atoms with Crippen molar-refractivity contribution < 1.29 is 9.53 Å². The summed E-state index contributed by atoms with van der Waals surface area (Å²) in [4.78, 5) is 12.2. The molecule has 0 spiro atoms. The lowest BCUT2D eigenvalue weighted by molar-refractivity contribution is 0.0635. The first-order valence-electron chi connectivity index (χ1n) is 8.65. The first-order valence-corrected chi connectivity index (χ1v) is 9.03. The molecule has 0 unspecified atom stereocenters. The Hall–Kier alpha value is -2.00. The van der Waals surface area contributed by atoms with Gasteiger partial charge in [-0.15, -0.1) is 0 Å². The molecule has 25 heavy (non-hydrogen) atoms. The SMILES string of the molecule is CCc1cc(-c2ccc(Cl)cc2)cc(CC)c1NC(=O)OC(C)(C)C. The molecule has 4 heteroatoms. The van der Waals surface area contributed by atoms with Crippen LogP contribution < -0.4 is 5.32 Å². The molecule has 0 aromatic heterocycles. The number of amides is 1. The highest BCUT2D eigenvalue weighted by Gasteiger charge is 2.19. The van der Waals surface area contributed by atoms with Gasteiger partial charge in [-0.1, -0.05) is 37.6 Å². The van der Waals surface area contributed by atoms with Crippen LogP contribution in [0.15, 0.2) is 36.4 Å². The number of carbonyl (C=O) groups is 1. The molecule has 2 aromatic carbocycles. The van der Waals surface area contributed by atoms with E-state index in [0.717, 1.165) is 45.8 Å². The van der Waals surface area contributed by atoms with E-state index in [1.807, 2.05) is 45.0 Å². The number of halogens is 1. The zero-order valence-corrected chi connectivity index (χ0v) is 16.3. The number of hydrogen-bond acceptors (Lipinski definition) is 2. The molecule has 1 amide bonds. The molecule has 2 aromatic rings. The molecule has 0 fully saturated rings. The van der Waals surface area contributed by atoms with Gasteiger partial charge < -0.3 is 4.74 Å². The Morgan fingerprint density at radius 3 is 1.96 bits per heavy atom. The van der Waals surface area contributed by atoms with Crippen molar-refractivity contribution in [2.45, 2.75) is 53.1 Å². The molecule has 0 aliphatic carbocycles. The molecule has 0 saturated heterocycles. The van der Waals surface area contributed by atoms with Gasteiger partial charge in [-0.3, -0.25) is 5.32 Å². The van der Waals surface area contributed by atoms with Gasteiger partial charge in [-0.25, -0.2) is 4.79 Å². The first kappa shape index (κ1) is 19.3. The van der Waals surface area contributed by atoms with Crippen molar-refractivity contribution >= 4 is 23.4 Å². The van der Waals surface area contributed by atoms with Crippen molar-refractivity contribution in [1.29, 1.82) is 0 Å². The van der Waals surface area contributed by atoms with E-state index in [0.29, 0.717) is 0 Å². The van der Waals surface area contributed by atoms with E-state index in [9.17, 15) is 4.79 Å². The summed E-state index contributed by atoms with van der Waals surface area (Å²) in [5.41, 5.74) is 4.76. The molecule has 0 heterocycles. The van der Waals surface area contributed by atoms with Crippen LogP contribution in [0.3, 0.4) is 0 Å². The van der Waals surface area contributed by atoms with E-state index in [4.69, 9.17) is 16.3 Å². The number of aryl methyl sites for hydroxylation is 2. The zero-order chi connectivity index (χ0) is 18.6. The second-order valence-electron chi connectivity index (χ2n) is 7.01. The Balaban J connectivity index is 2.40. The Kier molecular flexibility index (Phi) is 6.12. The fourth-order valence-electron chi connectivity index (χ4n) is 2.70. The minimum atomic E-state index is -0.522. The summed E-state index contributed by atoms with van der Waals surface area (Å²) in [5.74, 6) is 0. The summed E-state index contributed by atoms with van der Waals surface area (Å²) >= 11 is 5.99. The highest BCUT2D eigenvalue weighted by Crippen LogP contribution is 2.31. The number of hydrogen-bond donors (Lipinski definition) is 1. The number of ether oxygens (including phenoxy) is 1. The van der Waals surface area contributed by atoms with Gasteiger partial charge >= 0.3 is 6.09 Å². The van der Waals surface area contributed by atoms with Crippen LogP contribution in [0.1, 0.15) is 45.7 Å². The topological polar surface area (TPSA) is 38.3 Å². The van der Waals surface area contributed by atoms with Crippen LogP contribution in [0, 0.1) is 0 Å². The summed E-state index contributed by atoms with van der Waals surface area (Å²) in [6.45, 7) is 9.74. The molecule has 0 radical (unpaired) electrons. The normalized spacial score (nSPS) is 11.3. The summed E-state index contributed by atoms with van der Waals surface area (Å²) in [6, 6.07) is 12.0. The lowest BCUT2D eigenvalue weighted by Gasteiger charge is -2.22. The molecule has 0 atom stereocenters. The van der Waals surface area contributed by atoms with Gasteiger partial charge in [0.05, 0.1) is 5.69 Å². The van der Waals surface area contributed by atoms with Crippen LogP contribution in [0.4, 0.5) is 10.5 Å². The van der Waals surface area contributed by atoms with E-state index < -0.39 is 11.7 Å². The van der Waals surface area contributed by atoms with E-state index in [1.54, 1.807) is 0 Å². The van der Waals surface area contributed by atoms with Crippen molar-refractivity contribution in [1.82, 2.24) is 0 Å². The maximum absolute atomic E-state index is 12.2. The van der Waals surface area contributed by atoms with Crippen molar-refractivity contribution in [2.24, 2.45) is 0 Å². The predicted molar refractivity (Wildman–Crippen MR) is 106 cm³/mol. The number of benzene rings is 2. The molecule has 0 bridgehead atoms. The lowest BCUT2D eigenvalue weighted by atomic mass is 9.95. The molecule has 1 N–H and O–H groups in total. The van der Waals surface area contributed by atoms with Gasteiger partial charge in [0, 0.05) is 5.02 Å². The smallest absolute Gasteiger partial charge is 0.412 e. The minimum Gasteiger partial charge on any atom is -0.444 e. The number of anilines is 1. The Bertz CT molecular complexity index is 720. The molecule has 134 valence electrons. The average Bonchev–Trinajstić information content (AvgIpc) is 2.54. The second kappa shape index (κ2) is 7.92. The first-order chi connectivity index (χ1) is 11.7. The third kappa shape index (κ3) is 5.23. The fourth-order valence-corrected chi connectivity index (χ4v) is 2.83. The van der Waals surface area contributed by atoms with Crippen molar-refractivity contribution in [3.63, 3.8) is 0 Å². The van der Waals surface area contributed by atoms with E-state index in [1.165, 1.54) is 0 Å². The third-order valence-corrected chi connectivity index (χ3v) is 4.12. The Morgan fingerprint density at radius 1 is 1.00 bits per heavy atom. The zero-order valence-electron chi connectivity index (χ0n) is 15.6. The second-order valence-corrected chi connectivity index (χ2v) is 7.45. The largest absolute Gasteiger partial charge is 0.444 e. The van der Waals surface area contributed by atoms with Crippen LogP contribution in [-0.4, -0.2) is 11.7 Å². The molecule has 3 nitrogen and oxygen atoms in total. The average molecular weight is 360 g/mol. The van der Waals surface area contributed by atoms with Gasteiger partial charge in [-0.05, 0) is 80.1 Å². The van der Waals surface area contributed by atoms with Crippen LogP contribution in [0.25, 0.3) is 11.1 Å². The van der Waals surface area contributed by atoms with E-state index in [2.05, 4.69) is 31.3 Å². The molecule has 0 aliphatic heterocycles. The van der Waals surface area contributed by atoms with E-state index in [-0.39, 0.29) is 0 Å². The van der Waals surface area contributed by atoms with Crippen LogP contribution in [-0.2, 0) is 17.6 Å². The Labute approximate surface area is 155 Å². The molecular weight excluding hydrogens is 334 g/mol. The van der Waals surface area contributed by atoms with Gasteiger partial charge in [0.25, 0.3) is 0 Å². The minimum absolute atomic E-state index is 0.420. The molecule has 0 aliphatic rings. The monoisotopic (exact) mass is 359 g/mol. The highest BCUT2D eigenvalue weighted by atomic mass is 35.5. The number of nitrogens with one attached hydrogen (secondary N) is 1. The number of rotatable bonds is 4. The standard InChI is InChI=1S/C21H26ClNO2/c1-6-14-12-17(16-8-10-18(22)11-9-16)13-15(7-2)19(14)23-20(24)25-21(3,4)5/h8-13H,6-7H2,1-5H3,(H,23,24). The molecule has 0 saturated carbocycles. The summed E-state index contributed by atoms with van der Waals surface area (Å²) < 4.78 is 5.40. The van der Waals surface area contributed by atoms with Crippen molar-refractivity contribution in [2.75, 3.05) is 5.32 Å². The summed E-state index contributed by atoms with van der Waals surface area (Å²) in [6.07, 6.45) is 1.22. The Morgan fingerprint density at radius 2 is 1.52 bits per heavy atom. The third-order valence-electron chi connectivity index (χ3n) is 3.87. The van der Waals surface area contributed by atoms with Gasteiger partial charge in [0.2, 0.25) is 0 Å². The van der Waals surface area contributed by atoms with E-state index >= 15 is 0 Å². The lowest BCUT2D eigenvalue weighted by Crippen LogP contribution is -2.28. The number of carbonyl (C=O) groups excluding carboxylic acids is 1. The van der Waals surface area contributed by atoms with Crippen LogP contribution in [0.5, 0.6) is 0 Å². The maximum atomic E-state index is 12.2. The quantitative estimate of drug-likeness (QED) is 0.678. The van der Waals surface area contributed by atoms with Crippen molar-refractivity contribution in [3.8, 4) is 11.1 Å².